The first-order valence-corrected chi connectivity index (χ1v) is 3.45. The fourth-order valence-corrected chi connectivity index (χ4v) is 0.871. The monoisotopic (exact) mass is 138 g/mol. The maximum atomic E-state index is 12.1. The van der Waals surface area contributed by atoms with Crippen molar-refractivity contribution in [1.82, 2.24) is 0 Å². The summed E-state index contributed by atoms with van der Waals surface area (Å²) in [6.45, 7) is 1.61. The molecule has 0 aliphatic carbocycles. The molecule has 0 saturated heterocycles. The predicted molar refractivity (Wildman–Crippen MR) is 40.8 cm³/mol. The number of alkyl halides is 1. The van der Waals surface area contributed by atoms with Gasteiger partial charge in [-0.15, -0.1) is 0 Å². The smallest absolute Gasteiger partial charge is 0.0960 e. The van der Waals surface area contributed by atoms with E-state index in [-0.39, 0.29) is 12.6 Å². The maximum Gasteiger partial charge on any atom is 0.0960 e. The van der Waals surface area contributed by atoms with E-state index in [2.05, 4.69) is 0 Å². The molecule has 1 heteroatoms. The third kappa shape index (κ3) is 1.56. The third-order valence-corrected chi connectivity index (χ3v) is 1.60. The highest BCUT2D eigenvalue weighted by Gasteiger charge is 2.01. The van der Waals surface area contributed by atoms with Gasteiger partial charge in [-0.3, -0.25) is 4.39 Å². The Balaban J connectivity index is 2.75. The molecule has 0 bridgehead atoms. The molecule has 1 rings (SSSR count). The van der Waals surface area contributed by atoms with Gasteiger partial charge in [0.15, 0.2) is 0 Å². The molecule has 0 aliphatic heterocycles. The summed E-state index contributed by atoms with van der Waals surface area (Å²) in [5.41, 5.74) is 1.07. The number of benzene rings is 1. The van der Waals surface area contributed by atoms with Crippen molar-refractivity contribution in [3.63, 3.8) is 0 Å². The minimum Gasteiger partial charge on any atom is -0.250 e. The van der Waals surface area contributed by atoms with Gasteiger partial charge in [-0.05, 0) is 5.56 Å². The summed E-state index contributed by atoms with van der Waals surface area (Å²) >= 11 is 0. The van der Waals surface area contributed by atoms with Crippen LogP contribution < -0.4 is 0 Å². The van der Waals surface area contributed by atoms with Crippen LogP contribution >= 0.6 is 0 Å². The van der Waals surface area contributed by atoms with E-state index in [1.165, 1.54) is 0 Å². The molecule has 0 N–H and O–H groups in total. The number of rotatable bonds is 2. The van der Waals surface area contributed by atoms with Crippen molar-refractivity contribution in [1.29, 1.82) is 0 Å². The van der Waals surface area contributed by atoms with Crippen LogP contribution in [0.1, 0.15) is 18.4 Å². The summed E-state index contributed by atoms with van der Waals surface area (Å²) in [7, 11) is 0. The van der Waals surface area contributed by atoms with Gasteiger partial charge in [-0.25, -0.2) is 0 Å². The highest BCUT2D eigenvalue weighted by Crippen LogP contribution is 2.13. The minimum absolute atomic E-state index is 0.0428. The van der Waals surface area contributed by atoms with E-state index in [9.17, 15) is 4.39 Å². The number of hydrogen-bond donors (Lipinski definition) is 0. The lowest BCUT2D eigenvalue weighted by Gasteiger charge is -2.04. The van der Waals surface area contributed by atoms with Crippen molar-refractivity contribution in [3.05, 3.63) is 35.9 Å². The Kier molecular flexibility index (Phi) is 2.43. The fourth-order valence-electron chi connectivity index (χ4n) is 0.871. The summed E-state index contributed by atoms with van der Waals surface area (Å²) in [5.74, 6) is 0.0428. The summed E-state index contributed by atoms with van der Waals surface area (Å²) in [6, 6.07) is 9.70. The lowest BCUT2D eigenvalue weighted by atomic mass is 10.0. The van der Waals surface area contributed by atoms with Gasteiger partial charge in [0.2, 0.25) is 0 Å². The van der Waals surface area contributed by atoms with Gasteiger partial charge in [0.1, 0.15) is 0 Å². The van der Waals surface area contributed by atoms with Gasteiger partial charge in [0, 0.05) is 5.92 Å². The molecule has 1 aromatic rings. The van der Waals surface area contributed by atoms with Crippen LogP contribution in [0.5, 0.6) is 0 Å². The van der Waals surface area contributed by atoms with Gasteiger partial charge in [-0.2, -0.15) is 0 Å². The third-order valence-electron chi connectivity index (χ3n) is 1.60. The molecule has 0 saturated carbocycles. The van der Waals surface area contributed by atoms with Gasteiger partial charge >= 0.3 is 0 Å². The van der Waals surface area contributed by atoms with E-state index in [0.29, 0.717) is 0 Å². The van der Waals surface area contributed by atoms with Crippen molar-refractivity contribution in [3.8, 4) is 0 Å². The molecular formula is C9H11F. The summed E-state index contributed by atoms with van der Waals surface area (Å²) in [6.07, 6.45) is 0. The lowest BCUT2D eigenvalue weighted by molar-refractivity contribution is 0.447. The second-order valence-corrected chi connectivity index (χ2v) is 2.47. The Hall–Kier alpha value is -0.850. The maximum absolute atomic E-state index is 12.1. The summed E-state index contributed by atoms with van der Waals surface area (Å²) in [4.78, 5) is 0. The first-order chi connectivity index (χ1) is 4.84. The molecule has 0 heterocycles. The largest absolute Gasteiger partial charge is 0.250 e. The molecule has 0 nitrogen and oxygen atoms in total. The van der Waals surface area contributed by atoms with Gasteiger partial charge < -0.3 is 0 Å². The molecule has 1 atom stereocenters. The molecular weight excluding hydrogens is 127 g/mol. The Morgan fingerprint density at radius 2 is 1.90 bits per heavy atom. The van der Waals surface area contributed by atoms with Crippen molar-refractivity contribution in [2.75, 3.05) is 6.67 Å². The first-order valence-electron chi connectivity index (χ1n) is 3.45. The molecule has 54 valence electrons. The van der Waals surface area contributed by atoms with Crippen molar-refractivity contribution in [2.45, 2.75) is 12.8 Å². The summed E-state index contributed by atoms with van der Waals surface area (Å²) in [5, 5.41) is 0. The molecule has 0 fully saturated rings. The normalized spacial score (nSPS) is 13.0. The van der Waals surface area contributed by atoms with Crippen molar-refractivity contribution < 1.29 is 4.39 Å². The van der Waals surface area contributed by atoms with E-state index >= 15 is 0 Å². The van der Waals surface area contributed by atoms with Crippen LogP contribution in [-0.4, -0.2) is 6.67 Å². The molecule has 0 aliphatic rings. The van der Waals surface area contributed by atoms with Crippen molar-refractivity contribution >= 4 is 0 Å². The number of hydrogen-bond acceptors (Lipinski definition) is 0. The van der Waals surface area contributed by atoms with Crippen LogP contribution in [0, 0.1) is 0 Å². The van der Waals surface area contributed by atoms with Gasteiger partial charge in [0.25, 0.3) is 0 Å². The van der Waals surface area contributed by atoms with E-state index < -0.39 is 0 Å². The standard InChI is InChI=1S/C9H11F/c1-8(7-10)9-5-3-2-4-6-9/h2-6,8H,7H2,1H3/t8-/m1/s1. The second-order valence-electron chi connectivity index (χ2n) is 2.47. The van der Waals surface area contributed by atoms with Crippen LogP contribution in [0.3, 0.4) is 0 Å². The Morgan fingerprint density at radius 3 is 2.40 bits per heavy atom. The molecule has 0 amide bonds. The molecule has 0 unspecified atom stereocenters. The molecule has 0 radical (unpaired) electrons. The van der Waals surface area contributed by atoms with E-state index in [4.69, 9.17) is 0 Å². The lowest BCUT2D eigenvalue weighted by Crippen LogP contribution is -1.93. The highest BCUT2D eigenvalue weighted by molar-refractivity contribution is 5.18. The molecule has 0 spiro atoms. The molecule has 10 heavy (non-hydrogen) atoms. The minimum atomic E-state index is -0.274. The van der Waals surface area contributed by atoms with Crippen LogP contribution in [0.15, 0.2) is 30.3 Å². The fraction of sp³-hybridized carbons (Fsp3) is 0.333. The average Bonchev–Trinajstić information content (AvgIpc) is 2.05. The number of halogens is 1. The van der Waals surface area contributed by atoms with Gasteiger partial charge in [0.05, 0.1) is 6.67 Å². The zero-order valence-electron chi connectivity index (χ0n) is 6.05. The van der Waals surface area contributed by atoms with Crippen LogP contribution in [-0.2, 0) is 0 Å². The molecule has 1 aromatic carbocycles. The summed E-state index contributed by atoms with van der Waals surface area (Å²) < 4.78 is 12.1. The second kappa shape index (κ2) is 3.35. The Morgan fingerprint density at radius 1 is 1.30 bits per heavy atom. The van der Waals surface area contributed by atoms with Crippen molar-refractivity contribution in [2.24, 2.45) is 0 Å². The molecule has 0 aromatic heterocycles. The zero-order valence-corrected chi connectivity index (χ0v) is 6.05. The highest BCUT2D eigenvalue weighted by atomic mass is 19.1. The Bertz CT molecular complexity index is 181. The topological polar surface area (TPSA) is 0 Å². The predicted octanol–water partition coefficient (Wildman–Crippen LogP) is 2.76. The Labute approximate surface area is 60.7 Å². The van der Waals surface area contributed by atoms with Crippen LogP contribution in [0.4, 0.5) is 4.39 Å². The van der Waals surface area contributed by atoms with E-state index in [1.807, 2.05) is 37.3 Å². The van der Waals surface area contributed by atoms with Crippen LogP contribution in [0.25, 0.3) is 0 Å². The first kappa shape index (κ1) is 7.26. The van der Waals surface area contributed by atoms with E-state index in [1.54, 1.807) is 0 Å². The van der Waals surface area contributed by atoms with Crippen LogP contribution in [0.2, 0.25) is 0 Å². The average molecular weight is 138 g/mol. The zero-order chi connectivity index (χ0) is 7.40. The van der Waals surface area contributed by atoms with E-state index in [0.717, 1.165) is 5.56 Å². The van der Waals surface area contributed by atoms with Gasteiger partial charge in [-0.1, -0.05) is 37.3 Å². The quantitative estimate of drug-likeness (QED) is 0.589. The SMILES string of the molecule is C[C@H](CF)c1ccccc1.